The quantitative estimate of drug-likeness (QED) is 0.920. The molecule has 1 atom stereocenters. The minimum Gasteiger partial charge on any atom is -0.335 e. The first kappa shape index (κ1) is 12.1. The molecule has 1 unspecified atom stereocenters. The van der Waals surface area contributed by atoms with Gasteiger partial charge in [-0.05, 0) is 44.4 Å². The highest BCUT2D eigenvalue weighted by atomic mass is 19.1. The van der Waals surface area contributed by atoms with Crippen molar-refractivity contribution >= 4 is 11.6 Å². The van der Waals surface area contributed by atoms with Gasteiger partial charge in [-0.3, -0.25) is 0 Å². The molecule has 1 saturated carbocycles. The molecule has 1 aliphatic carbocycles. The van der Waals surface area contributed by atoms with Crippen molar-refractivity contribution in [3.8, 4) is 0 Å². The molecule has 3 heterocycles. The number of halogens is 1. The molecule has 0 radical (unpaired) electrons. The Morgan fingerprint density at radius 2 is 2.25 bits per heavy atom. The van der Waals surface area contributed by atoms with Crippen LogP contribution in [0.15, 0.2) is 18.3 Å². The fourth-order valence-corrected chi connectivity index (χ4v) is 2.90. The van der Waals surface area contributed by atoms with Gasteiger partial charge < -0.3 is 10.2 Å². The van der Waals surface area contributed by atoms with Gasteiger partial charge in [-0.1, -0.05) is 0 Å². The molecule has 106 valence electrons. The topological polar surface area (TPSA) is 45.5 Å². The maximum Gasteiger partial charge on any atom is 0.245 e. The molecular formula is C14H18FN5. The predicted octanol–water partition coefficient (Wildman–Crippen LogP) is 1.59. The van der Waals surface area contributed by atoms with E-state index in [1.54, 1.807) is 6.07 Å². The largest absolute Gasteiger partial charge is 0.335 e. The third-order valence-corrected chi connectivity index (χ3v) is 4.11. The van der Waals surface area contributed by atoms with Crippen LogP contribution in [0.5, 0.6) is 0 Å². The minimum absolute atomic E-state index is 0.288. The molecule has 1 N–H and O–H groups in total. The fourth-order valence-electron chi connectivity index (χ4n) is 2.90. The standard InChI is InChI=1S/C14H18FN5/c15-10-3-6-13-17-14(18-20(13)8-10)19(12-4-5-12)9-11-2-1-7-16-11/h3,6,8,11-12,16H,1-2,4-5,7,9H2. The molecule has 2 aromatic heterocycles. The van der Waals surface area contributed by atoms with Crippen LogP contribution >= 0.6 is 0 Å². The van der Waals surface area contributed by atoms with E-state index in [1.807, 2.05) is 0 Å². The summed E-state index contributed by atoms with van der Waals surface area (Å²) in [5.74, 6) is 0.441. The first-order valence-corrected chi connectivity index (χ1v) is 7.31. The van der Waals surface area contributed by atoms with Crippen LogP contribution in [0.3, 0.4) is 0 Å². The summed E-state index contributed by atoms with van der Waals surface area (Å²) in [4.78, 5) is 6.83. The monoisotopic (exact) mass is 275 g/mol. The number of rotatable bonds is 4. The highest BCUT2D eigenvalue weighted by Gasteiger charge is 2.33. The summed E-state index contributed by atoms with van der Waals surface area (Å²) < 4.78 is 14.8. The minimum atomic E-state index is -0.288. The fraction of sp³-hybridized carbons (Fsp3) is 0.571. The molecule has 2 aromatic rings. The van der Waals surface area contributed by atoms with Crippen LogP contribution in [-0.2, 0) is 0 Å². The van der Waals surface area contributed by atoms with E-state index in [0.29, 0.717) is 17.7 Å². The zero-order valence-corrected chi connectivity index (χ0v) is 11.3. The SMILES string of the molecule is Fc1ccc2nc(N(CC3CCCN3)C3CC3)nn2c1. The summed E-state index contributed by atoms with van der Waals surface area (Å²) in [6, 6.07) is 4.18. The van der Waals surface area contributed by atoms with Crippen LogP contribution in [0, 0.1) is 5.82 Å². The summed E-state index contributed by atoms with van der Waals surface area (Å²) in [6.45, 7) is 2.05. The zero-order valence-electron chi connectivity index (χ0n) is 11.3. The third-order valence-electron chi connectivity index (χ3n) is 4.11. The second-order valence-corrected chi connectivity index (χ2v) is 5.74. The number of fused-ring (bicyclic) bond motifs is 1. The molecule has 0 spiro atoms. The predicted molar refractivity (Wildman–Crippen MR) is 74.3 cm³/mol. The van der Waals surface area contributed by atoms with E-state index < -0.39 is 0 Å². The normalized spacial score (nSPS) is 22.6. The van der Waals surface area contributed by atoms with Crippen molar-refractivity contribution in [1.29, 1.82) is 0 Å². The summed E-state index contributed by atoms with van der Waals surface area (Å²) in [5.41, 5.74) is 0.700. The molecule has 0 bridgehead atoms. The third kappa shape index (κ3) is 2.24. The van der Waals surface area contributed by atoms with Gasteiger partial charge in [-0.25, -0.2) is 8.91 Å². The Hall–Kier alpha value is -1.69. The van der Waals surface area contributed by atoms with Crippen molar-refractivity contribution in [3.05, 3.63) is 24.1 Å². The van der Waals surface area contributed by atoms with Crippen LogP contribution in [-0.4, -0.2) is 39.8 Å². The number of nitrogens with one attached hydrogen (secondary N) is 1. The Kier molecular flexibility index (Phi) is 2.84. The summed E-state index contributed by atoms with van der Waals surface area (Å²) in [6.07, 6.45) is 6.25. The van der Waals surface area contributed by atoms with Gasteiger partial charge in [-0.15, -0.1) is 5.10 Å². The lowest BCUT2D eigenvalue weighted by Gasteiger charge is -2.24. The number of hydrogen-bond donors (Lipinski definition) is 1. The van der Waals surface area contributed by atoms with Crippen molar-refractivity contribution in [3.63, 3.8) is 0 Å². The molecule has 6 heteroatoms. The first-order valence-electron chi connectivity index (χ1n) is 7.31. The van der Waals surface area contributed by atoms with E-state index in [2.05, 4.69) is 20.3 Å². The number of pyridine rings is 1. The summed E-state index contributed by atoms with van der Waals surface area (Å²) in [5, 5.41) is 7.96. The first-order chi connectivity index (χ1) is 9.79. The number of anilines is 1. The molecule has 2 aliphatic rings. The Balaban J connectivity index is 1.63. The molecule has 0 amide bonds. The maximum absolute atomic E-state index is 13.2. The van der Waals surface area contributed by atoms with E-state index in [4.69, 9.17) is 0 Å². The lowest BCUT2D eigenvalue weighted by atomic mass is 10.2. The molecule has 4 rings (SSSR count). The van der Waals surface area contributed by atoms with Crippen molar-refractivity contribution < 1.29 is 4.39 Å². The molecule has 0 aromatic carbocycles. The lowest BCUT2D eigenvalue weighted by Crippen LogP contribution is -2.39. The van der Waals surface area contributed by atoms with Crippen LogP contribution in [0.4, 0.5) is 10.3 Å². The molecule has 5 nitrogen and oxygen atoms in total. The zero-order chi connectivity index (χ0) is 13.5. The summed E-state index contributed by atoms with van der Waals surface area (Å²) >= 11 is 0. The Bertz CT molecular complexity index is 615. The Morgan fingerprint density at radius 3 is 3.00 bits per heavy atom. The molecule has 20 heavy (non-hydrogen) atoms. The maximum atomic E-state index is 13.2. The van der Waals surface area contributed by atoms with Gasteiger partial charge in [0, 0.05) is 18.6 Å². The van der Waals surface area contributed by atoms with Gasteiger partial charge in [0.1, 0.15) is 5.82 Å². The van der Waals surface area contributed by atoms with E-state index in [-0.39, 0.29) is 5.82 Å². The Morgan fingerprint density at radius 1 is 1.35 bits per heavy atom. The average Bonchev–Trinajstić information content (AvgIpc) is 2.99. The van der Waals surface area contributed by atoms with Crippen molar-refractivity contribution in [2.24, 2.45) is 0 Å². The summed E-state index contributed by atoms with van der Waals surface area (Å²) in [7, 11) is 0. The van der Waals surface area contributed by atoms with E-state index in [9.17, 15) is 4.39 Å². The molecule has 1 saturated heterocycles. The van der Waals surface area contributed by atoms with Crippen LogP contribution < -0.4 is 10.2 Å². The number of nitrogens with zero attached hydrogens (tertiary/aromatic N) is 4. The average molecular weight is 275 g/mol. The van der Waals surface area contributed by atoms with Gasteiger partial charge in [0.05, 0.1) is 6.20 Å². The van der Waals surface area contributed by atoms with Crippen LogP contribution in [0.1, 0.15) is 25.7 Å². The molecular weight excluding hydrogens is 257 g/mol. The highest BCUT2D eigenvalue weighted by Crippen LogP contribution is 2.30. The van der Waals surface area contributed by atoms with Gasteiger partial charge >= 0.3 is 0 Å². The second kappa shape index (κ2) is 4.70. The molecule has 2 fully saturated rings. The van der Waals surface area contributed by atoms with Gasteiger partial charge in [-0.2, -0.15) is 4.98 Å². The van der Waals surface area contributed by atoms with Crippen molar-refractivity contribution in [1.82, 2.24) is 19.9 Å². The van der Waals surface area contributed by atoms with Gasteiger partial charge in [0.25, 0.3) is 0 Å². The second-order valence-electron chi connectivity index (χ2n) is 5.74. The van der Waals surface area contributed by atoms with Gasteiger partial charge in [0.15, 0.2) is 5.65 Å². The van der Waals surface area contributed by atoms with E-state index in [1.165, 1.54) is 42.5 Å². The van der Waals surface area contributed by atoms with Crippen LogP contribution in [0.25, 0.3) is 5.65 Å². The van der Waals surface area contributed by atoms with Crippen molar-refractivity contribution in [2.45, 2.75) is 37.8 Å². The Labute approximate surface area is 116 Å². The molecule has 1 aliphatic heterocycles. The van der Waals surface area contributed by atoms with Crippen LogP contribution in [0.2, 0.25) is 0 Å². The smallest absolute Gasteiger partial charge is 0.245 e. The van der Waals surface area contributed by atoms with Gasteiger partial charge in [0.2, 0.25) is 5.95 Å². The number of aromatic nitrogens is 3. The van der Waals surface area contributed by atoms with E-state index >= 15 is 0 Å². The van der Waals surface area contributed by atoms with Crippen molar-refractivity contribution in [2.75, 3.05) is 18.0 Å². The highest BCUT2D eigenvalue weighted by molar-refractivity contribution is 5.46. The lowest BCUT2D eigenvalue weighted by molar-refractivity contribution is 0.571. The van der Waals surface area contributed by atoms with E-state index in [0.717, 1.165) is 19.0 Å². The number of hydrogen-bond acceptors (Lipinski definition) is 4.